The molecule has 264 valence electrons. The monoisotopic (exact) mass is 738 g/mol. The number of ether oxygens (including phenoxy) is 1. The predicted molar refractivity (Wildman–Crippen MR) is 226 cm³/mol. The van der Waals surface area contributed by atoms with Crippen LogP contribution in [-0.4, -0.2) is 23.9 Å². The standard InChI is InChI=1S/C48H30N6OS/c1-2-12-31(13-3-1)32-14-8-16-35(28-32)54-41-21-6-7-23-44(41)55-45-39(19-10-22-42(45)54)48-51-47(52-56-48)34-24-25-38-37-18-4-5-20-40(37)53(43(38)30-34)36-17-9-15-33(29-36)46-49-26-11-27-50-46/h1-30H. The molecule has 0 radical (unpaired) electrons. The Morgan fingerprint density at radius 2 is 1.18 bits per heavy atom. The number of fused-ring (bicyclic) bond motifs is 5. The Labute approximate surface area is 326 Å². The van der Waals surface area contributed by atoms with Crippen LogP contribution in [-0.2, 0) is 0 Å². The Morgan fingerprint density at radius 1 is 0.482 bits per heavy atom. The Hall–Kier alpha value is -7.42. The van der Waals surface area contributed by atoms with Crippen LogP contribution in [0.1, 0.15) is 0 Å². The summed E-state index contributed by atoms with van der Waals surface area (Å²) < 4.78 is 14.0. The maximum Gasteiger partial charge on any atom is 0.173 e. The zero-order valence-corrected chi connectivity index (χ0v) is 30.6. The lowest BCUT2D eigenvalue weighted by atomic mass is 10.0. The van der Waals surface area contributed by atoms with E-state index in [1.807, 2.05) is 36.4 Å². The first-order valence-electron chi connectivity index (χ1n) is 18.4. The van der Waals surface area contributed by atoms with Gasteiger partial charge in [0.05, 0.1) is 28.0 Å². The van der Waals surface area contributed by atoms with Crippen molar-refractivity contribution in [2.45, 2.75) is 0 Å². The fourth-order valence-corrected chi connectivity index (χ4v) is 8.45. The van der Waals surface area contributed by atoms with E-state index in [2.05, 4.69) is 153 Å². The first-order valence-corrected chi connectivity index (χ1v) is 19.2. The van der Waals surface area contributed by atoms with E-state index in [0.717, 1.165) is 77.9 Å². The quantitative estimate of drug-likeness (QED) is 0.169. The van der Waals surface area contributed by atoms with Crippen molar-refractivity contribution in [1.29, 1.82) is 0 Å². The minimum Gasteiger partial charge on any atom is -0.452 e. The highest BCUT2D eigenvalue weighted by atomic mass is 32.1. The van der Waals surface area contributed by atoms with E-state index in [1.54, 1.807) is 12.4 Å². The van der Waals surface area contributed by atoms with Crippen molar-refractivity contribution in [1.82, 2.24) is 23.9 Å². The molecule has 10 aromatic rings. The molecule has 56 heavy (non-hydrogen) atoms. The number of aromatic nitrogens is 5. The lowest BCUT2D eigenvalue weighted by molar-refractivity contribution is 0.478. The molecule has 0 amide bonds. The summed E-state index contributed by atoms with van der Waals surface area (Å²) in [6.45, 7) is 0. The first-order chi connectivity index (χ1) is 27.8. The Morgan fingerprint density at radius 3 is 2.09 bits per heavy atom. The SMILES string of the molecule is c1ccc(-c2cccc(N3c4ccccc4Oc4c(-c5nc(-c6ccc7c8ccccc8n(-c8cccc(-c9ncccn9)c8)c7c6)ns5)cccc43)c2)cc1. The summed E-state index contributed by atoms with van der Waals surface area (Å²) in [4.78, 5) is 16.4. The van der Waals surface area contributed by atoms with Gasteiger partial charge in [-0.1, -0.05) is 103 Å². The Kier molecular flexibility index (Phi) is 7.53. The molecule has 0 saturated carbocycles. The summed E-state index contributed by atoms with van der Waals surface area (Å²) in [5.74, 6) is 2.88. The van der Waals surface area contributed by atoms with Gasteiger partial charge in [0.15, 0.2) is 23.1 Å². The highest BCUT2D eigenvalue weighted by Crippen LogP contribution is 2.54. The molecule has 11 rings (SSSR count). The minimum atomic E-state index is 0.663. The van der Waals surface area contributed by atoms with Crippen LogP contribution < -0.4 is 9.64 Å². The molecule has 0 N–H and O–H groups in total. The van der Waals surface area contributed by atoms with Crippen molar-refractivity contribution in [2.75, 3.05) is 4.90 Å². The van der Waals surface area contributed by atoms with Gasteiger partial charge in [0, 0.05) is 45.7 Å². The van der Waals surface area contributed by atoms with E-state index in [4.69, 9.17) is 14.1 Å². The molecule has 0 aliphatic carbocycles. The van der Waals surface area contributed by atoms with Crippen LogP contribution in [0.5, 0.6) is 11.5 Å². The lowest BCUT2D eigenvalue weighted by Crippen LogP contribution is -2.16. The minimum absolute atomic E-state index is 0.663. The van der Waals surface area contributed by atoms with Gasteiger partial charge in [-0.15, -0.1) is 0 Å². The van der Waals surface area contributed by atoms with Gasteiger partial charge in [0.2, 0.25) is 0 Å². The molecule has 8 heteroatoms. The van der Waals surface area contributed by atoms with Crippen molar-refractivity contribution in [3.05, 3.63) is 182 Å². The van der Waals surface area contributed by atoms with Crippen LogP contribution in [0.3, 0.4) is 0 Å². The molecule has 3 aromatic heterocycles. The second-order valence-electron chi connectivity index (χ2n) is 13.6. The first kappa shape index (κ1) is 32.0. The zero-order chi connectivity index (χ0) is 37.0. The van der Waals surface area contributed by atoms with Gasteiger partial charge in [-0.05, 0) is 89.4 Å². The third-order valence-corrected chi connectivity index (χ3v) is 11.0. The van der Waals surface area contributed by atoms with Gasteiger partial charge in [-0.25, -0.2) is 15.0 Å². The lowest BCUT2D eigenvalue weighted by Gasteiger charge is -2.33. The topological polar surface area (TPSA) is 69.0 Å². The van der Waals surface area contributed by atoms with Crippen molar-refractivity contribution in [2.24, 2.45) is 0 Å². The van der Waals surface area contributed by atoms with E-state index in [0.29, 0.717) is 11.6 Å². The summed E-state index contributed by atoms with van der Waals surface area (Å²) >= 11 is 1.38. The summed E-state index contributed by atoms with van der Waals surface area (Å²) in [5, 5.41) is 3.11. The van der Waals surface area contributed by atoms with Gasteiger partial charge >= 0.3 is 0 Å². The third-order valence-electron chi connectivity index (χ3n) is 10.3. The van der Waals surface area contributed by atoms with Crippen molar-refractivity contribution >= 4 is 50.4 Å². The highest BCUT2D eigenvalue weighted by molar-refractivity contribution is 7.09. The summed E-state index contributed by atoms with van der Waals surface area (Å²) in [5.41, 5.74) is 11.3. The van der Waals surface area contributed by atoms with E-state index in [1.165, 1.54) is 22.5 Å². The predicted octanol–water partition coefficient (Wildman–Crippen LogP) is 12.7. The van der Waals surface area contributed by atoms with Gasteiger partial charge in [-0.2, -0.15) is 4.37 Å². The highest BCUT2D eigenvalue weighted by Gasteiger charge is 2.29. The fourth-order valence-electron chi connectivity index (χ4n) is 7.75. The number of hydrogen-bond acceptors (Lipinski definition) is 7. The molecule has 7 aromatic carbocycles. The number of rotatable bonds is 6. The van der Waals surface area contributed by atoms with Crippen LogP contribution in [0, 0.1) is 0 Å². The number of hydrogen-bond donors (Lipinski definition) is 0. The summed E-state index contributed by atoms with van der Waals surface area (Å²) in [6, 6.07) is 58.8. The normalized spacial score (nSPS) is 12.0. The maximum atomic E-state index is 6.73. The summed E-state index contributed by atoms with van der Waals surface area (Å²) in [7, 11) is 0. The third kappa shape index (κ3) is 5.34. The largest absolute Gasteiger partial charge is 0.452 e. The van der Waals surface area contributed by atoms with Gasteiger partial charge in [0.25, 0.3) is 0 Å². The molecule has 1 aliphatic rings. The van der Waals surface area contributed by atoms with Crippen LogP contribution in [0.15, 0.2) is 182 Å². The average molecular weight is 739 g/mol. The smallest absolute Gasteiger partial charge is 0.173 e. The molecule has 0 spiro atoms. The second-order valence-corrected chi connectivity index (χ2v) is 14.4. The molecule has 1 aliphatic heterocycles. The van der Waals surface area contributed by atoms with Crippen molar-refractivity contribution < 1.29 is 4.74 Å². The molecule has 0 atom stereocenters. The Balaban J connectivity index is 1.01. The van der Waals surface area contributed by atoms with E-state index < -0.39 is 0 Å². The van der Waals surface area contributed by atoms with E-state index in [-0.39, 0.29) is 0 Å². The molecule has 7 nitrogen and oxygen atoms in total. The molecule has 0 fully saturated rings. The molecule has 4 heterocycles. The van der Waals surface area contributed by atoms with E-state index >= 15 is 0 Å². The Bertz CT molecular complexity index is 3080. The average Bonchev–Trinajstić information content (AvgIpc) is 3.89. The molecular weight excluding hydrogens is 709 g/mol. The molecular formula is C48H30N6OS. The molecule has 0 unspecified atom stereocenters. The number of nitrogens with zero attached hydrogens (tertiary/aromatic N) is 6. The number of para-hydroxylation sites is 4. The molecule has 0 saturated heterocycles. The number of anilines is 3. The van der Waals surface area contributed by atoms with Gasteiger partial charge in [-0.3, -0.25) is 0 Å². The fraction of sp³-hybridized carbons (Fsp3) is 0. The van der Waals surface area contributed by atoms with Gasteiger partial charge < -0.3 is 14.2 Å². The molecule has 0 bridgehead atoms. The van der Waals surface area contributed by atoms with Crippen molar-refractivity contribution in [3.8, 4) is 61.7 Å². The van der Waals surface area contributed by atoms with E-state index in [9.17, 15) is 0 Å². The van der Waals surface area contributed by atoms with Crippen molar-refractivity contribution in [3.63, 3.8) is 0 Å². The van der Waals surface area contributed by atoms with Crippen LogP contribution in [0.2, 0.25) is 0 Å². The maximum absolute atomic E-state index is 6.73. The summed E-state index contributed by atoms with van der Waals surface area (Å²) in [6.07, 6.45) is 3.54. The number of benzene rings is 7. The van der Waals surface area contributed by atoms with Gasteiger partial charge in [0.1, 0.15) is 5.01 Å². The second kappa shape index (κ2) is 13.2. The zero-order valence-electron chi connectivity index (χ0n) is 29.8. The van der Waals surface area contributed by atoms with Crippen LogP contribution in [0.4, 0.5) is 17.1 Å². The van der Waals surface area contributed by atoms with Crippen LogP contribution >= 0.6 is 11.5 Å². The van der Waals surface area contributed by atoms with Crippen LogP contribution in [0.25, 0.3) is 72.0 Å².